The molecular weight excluding hydrogens is 228 g/mol. The minimum absolute atomic E-state index is 0.707. The number of fused-ring (bicyclic) bond motifs is 1. The molecule has 0 aliphatic carbocycles. The Hall–Kier alpha value is -2.56. The van der Waals surface area contributed by atoms with E-state index in [1.54, 1.807) is 13.3 Å². The number of nitrogens with zero attached hydrogens (tertiary/aromatic N) is 2. The third-order valence-corrected chi connectivity index (χ3v) is 2.65. The molecule has 0 fully saturated rings. The van der Waals surface area contributed by atoms with Gasteiger partial charge >= 0.3 is 0 Å². The minimum Gasteiger partial charge on any atom is -0.497 e. The van der Waals surface area contributed by atoms with Crippen LogP contribution >= 0.6 is 0 Å². The van der Waals surface area contributed by atoms with Crippen LogP contribution in [-0.2, 0) is 0 Å². The molecule has 0 unspecified atom stereocenters. The van der Waals surface area contributed by atoms with Gasteiger partial charge in [-0.3, -0.25) is 10.1 Å². The monoisotopic (exact) mass is 240 g/mol. The van der Waals surface area contributed by atoms with Gasteiger partial charge in [0.2, 0.25) is 0 Å². The summed E-state index contributed by atoms with van der Waals surface area (Å²) in [6, 6.07) is 11.5. The highest BCUT2D eigenvalue weighted by Gasteiger charge is 2.06. The quantitative estimate of drug-likeness (QED) is 0.738. The van der Waals surface area contributed by atoms with Gasteiger partial charge in [-0.2, -0.15) is 5.10 Å². The van der Waals surface area contributed by atoms with Crippen LogP contribution in [0, 0.1) is 0 Å². The summed E-state index contributed by atoms with van der Waals surface area (Å²) < 4.78 is 5.18. The van der Waals surface area contributed by atoms with Crippen molar-refractivity contribution in [3.05, 3.63) is 42.6 Å². The van der Waals surface area contributed by atoms with Crippen molar-refractivity contribution in [3.63, 3.8) is 0 Å². The van der Waals surface area contributed by atoms with Crippen LogP contribution < -0.4 is 10.1 Å². The SMILES string of the molecule is COc1cccc(Nc2n[nH]c3cccnc23)c1. The normalized spacial score (nSPS) is 10.5. The largest absolute Gasteiger partial charge is 0.497 e. The molecule has 3 rings (SSSR count). The number of aromatic nitrogens is 3. The molecule has 5 heteroatoms. The predicted octanol–water partition coefficient (Wildman–Crippen LogP) is 2.71. The first kappa shape index (κ1) is 10.6. The second-order valence-corrected chi connectivity index (χ2v) is 3.83. The van der Waals surface area contributed by atoms with Gasteiger partial charge in [-0.1, -0.05) is 6.07 Å². The van der Waals surface area contributed by atoms with E-state index >= 15 is 0 Å². The molecule has 0 aliphatic heterocycles. The molecular formula is C13H12N4O. The number of H-pyrrole nitrogens is 1. The number of nitrogens with one attached hydrogen (secondary N) is 2. The van der Waals surface area contributed by atoms with E-state index < -0.39 is 0 Å². The zero-order chi connectivity index (χ0) is 12.4. The molecule has 2 aromatic heterocycles. The summed E-state index contributed by atoms with van der Waals surface area (Å²) in [5, 5.41) is 10.4. The highest BCUT2D eigenvalue weighted by atomic mass is 16.5. The molecule has 0 atom stereocenters. The van der Waals surface area contributed by atoms with E-state index in [9.17, 15) is 0 Å². The minimum atomic E-state index is 0.707. The molecule has 0 spiro atoms. The Balaban J connectivity index is 1.96. The van der Waals surface area contributed by atoms with Crippen LogP contribution in [0.5, 0.6) is 5.75 Å². The van der Waals surface area contributed by atoms with Crippen LogP contribution in [0.2, 0.25) is 0 Å². The fourth-order valence-corrected chi connectivity index (χ4v) is 1.78. The van der Waals surface area contributed by atoms with Crippen molar-refractivity contribution in [3.8, 4) is 5.75 Å². The molecule has 0 saturated heterocycles. The number of rotatable bonds is 3. The molecule has 3 aromatic rings. The topological polar surface area (TPSA) is 62.8 Å². The first-order valence-corrected chi connectivity index (χ1v) is 5.57. The van der Waals surface area contributed by atoms with E-state index in [1.165, 1.54) is 0 Å². The lowest BCUT2D eigenvalue weighted by Gasteiger charge is -2.05. The molecule has 0 bridgehead atoms. The van der Waals surface area contributed by atoms with Crippen LogP contribution in [0.15, 0.2) is 42.6 Å². The summed E-state index contributed by atoms with van der Waals surface area (Å²) in [4.78, 5) is 4.29. The maximum atomic E-state index is 5.18. The number of hydrogen-bond acceptors (Lipinski definition) is 4. The Morgan fingerprint density at radius 1 is 1.22 bits per heavy atom. The highest BCUT2D eigenvalue weighted by molar-refractivity contribution is 5.87. The fourth-order valence-electron chi connectivity index (χ4n) is 1.78. The second-order valence-electron chi connectivity index (χ2n) is 3.83. The molecule has 90 valence electrons. The summed E-state index contributed by atoms with van der Waals surface area (Å²) >= 11 is 0. The molecule has 0 aliphatic rings. The first-order chi connectivity index (χ1) is 8.86. The van der Waals surface area contributed by atoms with Gasteiger partial charge in [0.05, 0.1) is 12.6 Å². The van der Waals surface area contributed by atoms with Crippen LogP contribution in [0.3, 0.4) is 0 Å². The van der Waals surface area contributed by atoms with E-state index in [4.69, 9.17) is 4.74 Å². The Kier molecular flexibility index (Phi) is 2.57. The summed E-state index contributed by atoms with van der Waals surface area (Å²) in [5.74, 6) is 1.51. The lowest BCUT2D eigenvalue weighted by atomic mass is 10.3. The fraction of sp³-hybridized carbons (Fsp3) is 0.0769. The van der Waals surface area contributed by atoms with E-state index in [1.807, 2.05) is 36.4 Å². The van der Waals surface area contributed by atoms with Crippen molar-refractivity contribution in [2.75, 3.05) is 12.4 Å². The Morgan fingerprint density at radius 2 is 2.17 bits per heavy atom. The lowest BCUT2D eigenvalue weighted by molar-refractivity contribution is 0.415. The smallest absolute Gasteiger partial charge is 0.178 e. The number of benzene rings is 1. The molecule has 2 heterocycles. The molecule has 1 aromatic carbocycles. The zero-order valence-electron chi connectivity index (χ0n) is 9.84. The van der Waals surface area contributed by atoms with Crippen LogP contribution in [0.25, 0.3) is 11.0 Å². The van der Waals surface area contributed by atoms with Crippen molar-refractivity contribution in [2.45, 2.75) is 0 Å². The number of anilines is 2. The Labute approximate surface area is 104 Å². The first-order valence-electron chi connectivity index (χ1n) is 5.57. The van der Waals surface area contributed by atoms with Gasteiger partial charge in [0, 0.05) is 18.0 Å². The van der Waals surface area contributed by atoms with Crippen molar-refractivity contribution in [2.24, 2.45) is 0 Å². The maximum absolute atomic E-state index is 5.18. The molecule has 5 nitrogen and oxygen atoms in total. The Morgan fingerprint density at radius 3 is 3.06 bits per heavy atom. The van der Waals surface area contributed by atoms with E-state index in [-0.39, 0.29) is 0 Å². The van der Waals surface area contributed by atoms with Gasteiger partial charge in [-0.25, -0.2) is 0 Å². The average Bonchev–Trinajstić information content (AvgIpc) is 2.83. The van der Waals surface area contributed by atoms with Gasteiger partial charge < -0.3 is 10.1 Å². The predicted molar refractivity (Wildman–Crippen MR) is 70.2 cm³/mol. The summed E-state index contributed by atoms with van der Waals surface area (Å²) in [5.41, 5.74) is 2.64. The van der Waals surface area contributed by atoms with Gasteiger partial charge in [0.15, 0.2) is 5.82 Å². The summed E-state index contributed by atoms with van der Waals surface area (Å²) in [6.45, 7) is 0. The summed E-state index contributed by atoms with van der Waals surface area (Å²) in [7, 11) is 1.64. The molecule has 2 N–H and O–H groups in total. The molecule has 18 heavy (non-hydrogen) atoms. The third kappa shape index (κ3) is 1.86. The van der Waals surface area contributed by atoms with E-state index in [2.05, 4.69) is 20.5 Å². The third-order valence-electron chi connectivity index (χ3n) is 2.65. The molecule has 0 saturated carbocycles. The van der Waals surface area contributed by atoms with Crippen LogP contribution in [-0.4, -0.2) is 22.3 Å². The second kappa shape index (κ2) is 4.37. The Bertz CT molecular complexity index is 677. The van der Waals surface area contributed by atoms with Gasteiger partial charge in [-0.05, 0) is 24.3 Å². The maximum Gasteiger partial charge on any atom is 0.178 e. The van der Waals surface area contributed by atoms with Crippen molar-refractivity contribution in [1.82, 2.24) is 15.2 Å². The number of methoxy groups -OCH3 is 1. The van der Waals surface area contributed by atoms with Crippen LogP contribution in [0.1, 0.15) is 0 Å². The number of pyridine rings is 1. The van der Waals surface area contributed by atoms with Crippen molar-refractivity contribution >= 4 is 22.5 Å². The standard InChI is InChI=1S/C13H12N4O/c1-18-10-5-2-4-9(8-10)15-13-12-11(16-17-13)6-3-7-14-12/h2-8H,1H3,(H2,15,16,17). The number of hydrogen-bond donors (Lipinski definition) is 2. The molecule has 0 amide bonds. The van der Waals surface area contributed by atoms with E-state index in [0.29, 0.717) is 5.82 Å². The molecule has 0 radical (unpaired) electrons. The lowest BCUT2D eigenvalue weighted by Crippen LogP contribution is -1.92. The van der Waals surface area contributed by atoms with Gasteiger partial charge in [-0.15, -0.1) is 0 Å². The van der Waals surface area contributed by atoms with Gasteiger partial charge in [0.1, 0.15) is 11.3 Å². The highest BCUT2D eigenvalue weighted by Crippen LogP contribution is 2.24. The van der Waals surface area contributed by atoms with E-state index in [0.717, 1.165) is 22.5 Å². The van der Waals surface area contributed by atoms with Crippen molar-refractivity contribution < 1.29 is 4.74 Å². The van der Waals surface area contributed by atoms with Crippen LogP contribution in [0.4, 0.5) is 11.5 Å². The zero-order valence-corrected chi connectivity index (χ0v) is 9.84. The van der Waals surface area contributed by atoms with Crippen molar-refractivity contribution in [1.29, 1.82) is 0 Å². The average molecular weight is 240 g/mol. The van der Waals surface area contributed by atoms with Gasteiger partial charge in [0.25, 0.3) is 0 Å². The number of ether oxygens (including phenoxy) is 1. The number of aromatic amines is 1. The summed E-state index contributed by atoms with van der Waals surface area (Å²) in [6.07, 6.45) is 1.74.